The van der Waals surface area contributed by atoms with Crippen LogP contribution >= 0.6 is 34.8 Å². The van der Waals surface area contributed by atoms with Crippen LogP contribution in [-0.4, -0.2) is 8.42 Å². The molecule has 0 aromatic heterocycles. The van der Waals surface area contributed by atoms with Crippen molar-refractivity contribution in [3.05, 3.63) is 62.1 Å². The van der Waals surface area contributed by atoms with Crippen molar-refractivity contribution in [3.8, 4) is 0 Å². The molecule has 2 aromatic rings. The van der Waals surface area contributed by atoms with Gasteiger partial charge in [-0.2, -0.15) is 0 Å². The first-order valence-electron chi connectivity index (χ1n) is 6.41. The second kappa shape index (κ2) is 6.77. The molecule has 2 rings (SSSR count). The molecule has 0 fully saturated rings. The first-order chi connectivity index (χ1) is 10.2. The molecule has 0 aliphatic carbocycles. The van der Waals surface area contributed by atoms with Gasteiger partial charge in [0.25, 0.3) is 0 Å². The van der Waals surface area contributed by atoms with Crippen molar-refractivity contribution in [2.24, 2.45) is 0 Å². The molecule has 22 heavy (non-hydrogen) atoms. The first-order valence-corrected chi connectivity index (χ1v) is 9.03. The van der Waals surface area contributed by atoms with Gasteiger partial charge in [-0.3, -0.25) is 0 Å². The van der Waals surface area contributed by atoms with Gasteiger partial charge in [0.2, 0.25) is 10.0 Å². The molecule has 0 spiro atoms. The summed E-state index contributed by atoms with van der Waals surface area (Å²) in [5.41, 5.74) is 1.94. The minimum absolute atomic E-state index is 0.0828. The SMILES string of the molecule is Cc1cc(S(=O)(=O)NCc2ccc(Cl)cc2Cl)c(C)cc1Cl. The van der Waals surface area contributed by atoms with E-state index in [0.717, 1.165) is 0 Å². The van der Waals surface area contributed by atoms with Crippen molar-refractivity contribution in [3.63, 3.8) is 0 Å². The van der Waals surface area contributed by atoms with Crippen LogP contribution in [0.1, 0.15) is 16.7 Å². The lowest BCUT2D eigenvalue weighted by Gasteiger charge is -2.12. The summed E-state index contributed by atoms with van der Waals surface area (Å²) in [4.78, 5) is 0.208. The Labute approximate surface area is 145 Å². The Morgan fingerprint density at radius 2 is 1.64 bits per heavy atom. The van der Waals surface area contributed by atoms with Gasteiger partial charge in [-0.05, 0) is 54.8 Å². The van der Waals surface area contributed by atoms with Crippen LogP contribution in [0.4, 0.5) is 0 Å². The molecule has 0 atom stereocenters. The molecule has 0 unspecified atom stereocenters. The number of aryl methyl sites for hydroxylation is 2. The van der Waals surface area contributed by atoms with Crippen LogP contribution in [0.25, 0.3) is 0 Å². The average molecular weight is 379 g/mol. The van der Waals surface area contributed by atoms with Crippen molar-refractivity contribution in [2.45, 2.75) is 25.3 Å². The molecule has 0 aliphatic heterocycles. The number of sulfonamides is 1. The zero-order chi connectivity index (χ0) is 16.5. The highest BCUT2D eigenvalue weighted by Crippen LogP contribution is 2.25. The molecule has 0 saturated heterocycles. The number of nitrogens with one attached hydrogen (secondary N) is 1. The van der Waals surface area contributed by atoms with Crippen molar-refractivity contribution in [1.29, 1.82) is 0 Å². The summed E-state index contributed by atoms with van der Waals surface area (Å²) in [6.45, 7) is 3.55. The highest BCUT2D eigenvalue weighted by molar-refractivity contribution is 7.89. The molecule has 0 aliphatic rings. The predicted octanol–water partition coefficient (Wildman–Crippen LogP) is 4.74. The molecule has 0 radical (unpaired) electrons. The van der Waals surface area contributed by atoms with Crippen LogP contribution in [0.3, 0.4) is 0 Å². The molecular weight excluding hydrogens is 365 g/mol. The van der Waals surface area contributed by atoms with Gasteiger partial charge >= 0.3 is 0 Å². The third-order valence-electron chi connectivity index (χ3n) is 3.21. The predicted molar refractivity (Wildman–Crippen MR) is 91.4 cm³/mol. The first kappa shape index (κ1) is 17.6. The summed E-state index contributed by atoms with van der Waals surface area (Å²) >= 11 is 17.9. The van der Waals surface area contributed by atoms with Crippen LogP contribution in [0, 0.1) is 13.8 Å². The molecule has 2 aromatic carbocycles. The van der Waals surface area contributed by atoms with Gasteiger partial charge in [0.15, 0.2) is 0 Å². The third-order valence-corrected chi connectivity index (χ3v) is 5.75. The van der Waals surface area contributed by atoms with Crippen LogP contribution in [-0.2, 0) is 16.6 Å². The van der Waals surface area contributed by atoms with Gasteiger partial charge in [-0.1, -0.05) is 40.9 Å². The van der Waals surface area contributed by atoms with E-state index in [4.69, 9.17) is 34.8 Å². The van der Waals surface area contributed by atoms with E-state index in [9.17, 15) is 8.42 Å². The van der Waals surface area contributed by atoms with E-state index < -0.39 is 10.0 Å². The summed E-state index contributed by atoms with van der Waals surface area (Å²) in [7, 11) is -3.66. The average Bonchev–Trinajstić information content (AvgIpc) is 2.41. The van der Waals surface area contributed by atoms with E-state index in [1.807, 2.05) is 0 Å². The molecule has 0 bridgehead atoms. The van der Waals surface area contributed by atoms with E-state index in [-0.39, 0.29) is 11.4 Å². The van der Waals surface area contributed by atoms with E-state index in [1.54, 1.807) is 44.2 Å². The number of halogens is 3. The number of rotatable bonds is 4. The summed E-state index contributed by atoms with van der Waals surface area (Å²) in [5.74, 6) is 0. The van der Waals surface area contributed by atoms with Gasteiger partial charge < -0.3 is 0 Å². The Morgan fingerprint density at radius 1 is 0.955 bits per heavy atom. The van der Waals surface area contributed by atoms with Crippen LogP contribution in [0.5, 0.6) is 0 Å². The molecule has 118 valence electrons. The fourth-order valence-electron chi connectivity index (χ4n) is 1.96. The fourth-order valence-corrected chi connectivity index (χ4v) is 3.97. The van der Waals surface area contributed by atoms with Crippen LogP contribution < -0.4 is 4.72 Å². The zero-order valence-electron chi connectivity index (χ0n) is 12.0. The van der Waals surface area contributed by atoms with E-state index in [0.29, 0.717) is 31.8 Å². The number of benzene rings is 2. The topological polar surface area (TPSA) is 46.2 Å². The maximum atomic E-state index is 12.4. The van der Waals surface area contributed by atoms with E-state index in [1.165, 1.54) is 0 Å². The lowest BCUT2D eigenvalue weighted by atomic mass is 10.2. The van der Waals surface area contributed by atoms with E-state index in [2.05, 4.69) is 4.72 Å². The largest absolute Gasteiger partial charge is 0.241 e. The summed E-state index contributed by atoms with van der Waals surface area (Å²) in [6, 6.07) is 8.12. The number of hydrogen-bond acceptors (Lipinski definition) is 2. The van der Waals surface area contributed by atoms with Gasteiger partial charge in [-0.15, -0.1) is 0 Å². The lowest BCUT2D eigenvalue weighted by molar-refractivity contribution is 0.580. The summed E-state index contributed by atoms with van der Waals surface area (Å²) < 4.78 is 27.4. The Morgan fingerprint density at radius 3 is 2.27 bits per heavy atom. The van der Waals surface area contributed by atoms with E-state index >= 15 is 0 Å². The fraction of sp³-hybridized carbons (Fsp3) is 0.200. The molecule has 0 saturated carbocycles. The molecule has 1 N–H and O–H groups in total. The summed E-state index contributed by atoms with van der Waals surface area (Å²) in [5, 5.41) is 1.46. The zero-order valence-corrected chi connectivity index (χ0v) is 15.0. The lowest BCUT2D eigenvalue weighted by Crippen LogP contribution is -2.24. The molecule has 7 heteroatoms. The van der Waals surface area contributed by atoms with Gasteiger partial charge in [0, 0.05) is 21.6 Å². The Balaban J connectivity index is 2.27. The molecule has 0 heterocycles. The standard InChI is InChI=1S/C15H14Cl3NO2S/c1-9-6-15(10(2)5-13(9)17)22(20,21)19-8-11-3-4-12(16)7-14(11)18/h3-7,19H,8H2,1-2H3. The van der Waals surface area contributed by atoms with Gasteiger partial charge in [-0.25, -0.2) is 13.1 Å². The minimum atomic E-state index is -3.66. The Hall–Kier alpha value is -0.780. The minimum Gasteiger partial charge on any atom is -0.207 e. The van der Waals surface area contributed by atoms with Gasteiger partial charge in [0.1, 0.15) is 0 Å². The second-order valence-electron chi connectivity index (χ2n) is 4.93. The van der Waals surface area contributed by atoms with Crippen molar-refractivity contribution >= 4 is 44.8 Å². The Bertz CT molecular complexity index is 820. The second-order valence-corrected chi connectivity index (χ2v) is 7.91. The maximum absolute atomic E-state index is 12.4. The molecular formula is C15H14Cl3NO2S. The Kier molecular flexibility index (Phi) is 5.41. The van der Waals surface area contributed by atoms with Crippen molar-refractivity contribution in [2.75, 3.05) is 0 Å². The van der Waals surface area contributed by atoms with Gasteiger partial charge in [0.05, 0.1) is 4.90 Å². The smallest absolute Gasteiger partial charge is 0.207 e. The van der Waals surface area contributed by atoms with Crippen molar-refractivity contribution < 1.29 is 8.42 Å². The highest BCUT2D eigenvalue weighted by atomic mass is 35.5. The maximum Gasteiger partial charge on any atom is 0.241 e. The molecule has 3 nitrogen and oxygen atoms in total. The van der Waals surface area contributed by atoms with Crippen molar-refractivity contribution in [1.82, 2.24) is 4.72 Å². The molecule has 0 amide bonds. The third kappa shape index (κ3) is 3.94. The quantitative estimate of drug-likeness (QED) is 0.835. The summed E-state index contributed by atoms with van der Waals surface area (Å²) in [6.07, 6.45) is 0. The monoisotopic (exact) mass is 377 g/mol. The number of hydrogen-bond donors (Lipinski definition) is 1. The van der Waals surface area contributed by atoms with Crippen LogP contribution in [0.2, 0.25) is 15.1 Å². The highest BCUT2D eigenvalue weighted by Gasteiger charge is 2.18. The normalized spacial score (nSPS) is 11.7. The van der Waals surface area contributed by atoms with Crippen LogP contribution in [0.15, 0.2) is 35.2 Å².